The van der Waals surface area contributed by atoms with E-state index < -0.39 is 0 Å². The molecule has 0 saturated carbocycles. The summed E-state index contributed by atoms with van der Waals surface area (Å²) in [6.45, 7) is 8.90. The third kappa shape index (κ3) is 3.49. The standard InChI is InChI=1S/C14H20BrCl/c1-9(2)5-11-6-12(8-16)13(10(3)4)7-14(11)15/h6-7,9-10H,5,8H2,1-4H3. The largest absolute Gasteiger partial charge is 0.122 e. The number of hydrogen-bond donors (Lipinski definition) is 0. The highest BCUT2D eigenvalue weighted by atomic mass is 79.9. The molecule has 0 bridgehead atoms. The fraction of sp³-hybridized carbons (Fsp3) is 0.571. The zero-order chi connectivity index (χ0) is 12.3. The van der Waals surface area contributed by atoms with E-state index in [9.17, 15) is 0 Å². The van der Waals surface area contributed by atoms with Crippen molar-refractivity contribution in [1.29, 1.82) is 0 Å². The van der Waals surface area contributed by atoms with Gasteiger partial charge in [0, 0.05) is 10.4 Å². The smallest absolute Gasteiger partial charge is 0.0477 e. The van der Waals surface area contributed by atoms with Crippen molar-refractivity contribution in [3.05, 3.63) is 33.3 Å². The van der Waals surface area contributed by atoms with Gasteiger partial charge in [-0.2, -0.15) is 0 Å². The van der Waals surface area contributed by atoms with E-state index >= 15 is 0 Å². The van der Waals surface area contributed by atoms with E-state index in [1.807, 2.05) is 0 Å². The van der Waals surface area contributed by atoms with E-state index in [-0.39, 0.29) is 0 Å². The Kier molecular flexibility index (Phi) is 5.33. The number of halogens is 2. The van der Waals surface area contributed by atoms with Crippen LogP contribution in [0.2, 0.25) is 0 Å². The lowest BCUT2D eigenvalue weighted by Gasteiger charge is -2.16. The summed E-state index contributed by atoms with van der Waals surface area (Å²) in [6.07, 6.45) is 1.10. The fourth-order valence-corrected chi connectivity index (χ4v) is 2.69. The zero-order valence-corrected chi connectivity index (χ0v) is 12.8. The van der Waals surface area contributed by atoms with Crippen LogP contribution < -0.4 is 0 Å². The topological polar surface area (TPSA) is 0 Å². The van der Waals surface area contributed by atoms with Gasteiger partial charge in [-0.1, -0.05) is 49.7 Å². The van der Waals surface area contributed by atoms with E-state index in [0.29, 0.717) is 17.7 Å². The van der Waals surface area contributed by atoms with Gasteiger partial charge in [0.05, 0.1) is 0 Å². The van der Waals surface area contributed by atoms with E-state index in [1.54, 1.807) is 0 Å². The average Bonchev–Trinajstić information content (AvgIpc) is 2.19. The van der Waals surface area contributed by atoms with Crippen molar-refractivity contribution in [3.8, 4) is 0 Å². The van der Waals surface area contributed by atoms with Crippen molar-refractivity contribution < 1.29 is 0 Å². The van der Waals surface area contributed by atoms with Crippen LogP contribution in [0, 0.1) is 5.92 Å². The summed E-state index contributed by atoms with van der Waals surface area (Å²) < 4.78 is 1.22. The van der Waals surface area contributed by atoms with Gasteiger partial charge in [-0.05, 0) is 41.0 Å². The monoisotopic (exact) mass is 302 g/mol. The first kappa shape index (κ1) is 14.1. The second kappa shape index (κ2) is 6.07. The fourth-order valence-electron chi connectivity index (χ4n) is 1.93. The van der Waals surface area contributed by atoms with E-state index in [2.05, 4.69) is 55.8 Å². The van der Waals surface area contributed by atoms with Crippen molar-refractivity contribution in [3.63, 3.8) is 0 Å². The summed E-state index contributed by atoms with van der Waals surface area (Å²) in [4.78, 5) is 0. The van der Waals surface area contributed by atoms with Crippen LogP contribution in [0.4, 0.5) is 0 Å². The van der Waals surface area contributed by atoms with Crippen molar-refractivity contribution in [2.45, 2.75) is 45.9 Å². The average molecular weight is 304 g/mol. The Balaban J connectivity index is 3.15. The number of alkyl halides is 1. The molecule has 0 unspecified atom stereocenters. The molecule has 0 heterocycles. The summed E-state index contributed by atoms with van der Waals surface area (Å²) in [5, 5.41) is 0. The van der Waals surface area contributed by atoms with Crippen LogP contribution in [-0.4, -0.2) is 0 Å². The van der Waals surface area contributed by atoms with Crippen molar-refractivity contribution in [2.75, 3.05) is 0 Å². The third-order valence-electron chi connectivity index (χ3n) is 2.70. The van der Waals surface area contributed by atoms with Gasteiger partial charge in [0.1, 0.15) is 0 Å². The van der Waals surface area contributed by atoms with Crippen LogP contribution in [-0.2, 0) is 12.3 Å². The lowest BCUT2D eigenvalue weighted by molar-refractivity contribution is 0.644. The van der Waals surface area contributed by atoms with E-state index in [1.165, 1.54) is 21.2 Å². The highest BCUT2D eigenvalue weighted by Crippen LogP contribution is 2.29. The van der Waals surface area contributed by atoms with Gasteiger partial charge in [0.2, 0.25) is 0 Å². The maximum absolute atomic E-state index is 6.02. The minimum atomic E-state index is 0.526. The van der Waals surface area contributed by atoms with Crippen LogP contribution >= 0.6 is 27.5 Å². The molecule has 0 aliphatic carbocycles. The molecule has 0 atom stereocenters. The van der Waals surface area contributed by atoms with Crippen LogP contribution in [0.25, 0.3) is 0 Å². The maximum Gasteiger partial charge on any atom is 0.0477 e. The molecule has 0 spiro atoms. The first-order chi connectivity index (χ1) is 7.45. The van der Waals surface area contributed by atoms with Gasteiger partial charge < -0.3 is 0 Å². The Bertz CT molecular complexity index is 356. The predicted molar refractivity (Wildman–Crippen MR) is 76.3 cm³/mol. The molecule has 1 aromatic rings. The number of hydrogen-bond acceptors (Lipinski definition) is 0. The third-order valence-corrected chi connectivity index (χ3v) is 3.73. The molecular formula is C14H20BrCl. The van der Waals surface area contributed by atoms with Crippen molar-refractivity contribution >= 4 is 27.5 Å². The molecule has 0 N–H and O–H groups in total. The Morgan fingerprint density at radius 2 is 1.75 bits per heavy atom. The summed E-state index contributed by atoms with van der Waals surface area (Å²) in [7, 11) is 0. The molecule has 0 fully saturated rings. The Morgan fingerprint density at radius 3 is 2.19 bits per heavy atom. The summed E-state index contributed by atoms with van der Waals surface area (Å²) in [6, 6.07) is 4.49. The van der Waals surface area contributed by atoms with E-state index in [4.69, 9.17) is 11.6 Å². The summed E-state index contributed by atoms with van der Waals surface area (Å²) in [5.41, 5.74) is 4.00. The Labute approximate surface area is 113 Å². The van der Waals surface area contributed by atoms with Crippen LogP contribution in [0.15, 0.2) is 16.6 Å². The quantitative estimate of drug-likeness (QED) is 0.643. The van der Waals surface area contributed by atoms with E-state index in [0.717, 1.165) is 6.42 Å². The summed E-state index contributed by atoms with van der Waals surface area (Å²) in [5.74, 6) is 1.80. The molecule has 16 heavy (non-hydrogen) atoms. The molecule has 0 aromatic heterocycles. The Hall–Kier alpha value is -0.0100. The van der Waals surface area contributed by atoms with Gasteiger partial charge in [0.15, 0.2) is 0 Å². The second-order valence-corrected chi connectivity index (χ2v) is 6.15. The second-order valence-electron chi connectivity index (χ2n) is 5.03. The minimum Gasteiger partial charge on any atom is -0.122 e. The number of rotatable bonds is 4. The first-order valence-corrected chi connectivity index (χ1v) is 7.15. The molecule has 1 aromatic carbocycles. The summed E-state index contributed by atoms with van der Waals surface area (Å²) >= 11 is 9.69. The maximum atomic E-state index is 6.02. The van der Waals surface area contributed by atoms with Crippen LogP contribution in [0.5, 0.6) is 0 Å². The molecule has 1 rings (SSSR count). The minimum absolute atomic E-state index is 0.526. The van der Waals surface area contributed by atoms with Gasteiger partial charge in [-0.15, -0.1) is 11.6 Å². The molecule has 90 valence electrons. The van der Waals surface area contributed by atoms with Crippen molar-refractivity contribution in [2.24, 2.45) is 5.92 Å². The predicted octanol–water partition coefficient (Wildman–Crippen LogP) is 5.51. The highest BCUT2D eigenvalue weighted by molar-refractivity contribution is 9.10. The lowest BCUT2D eigenvalue weighted by atomic mass is 9.93. The van der Waals surface area contributed by atoms with Gasteiger partial charge >= 0.3 is 0 Å². The van der Waals surface area contributed by atoms with Crippen LogP contribution in [0.3, 0.4) is 0 Å². The van der Waals surface area contributed by atoms with Gasteiger partial charge in [0.25, 0.3) is 0 Å². The molecule has 0 saturated heterocycles. The van der Waals surface area contributed by atoms with Crippen molar-refractivity contribution in [1.82, 2.24) is 0 Å². The zero-order valence-electron chi connectivity index (χ0n) is 10.5. The lowest BCUT2D eigenvalue weighted by Crippen LogP contribution is -2.01. The van der Waals surface area contributed by atoms with Gasteiger partial charge in [-0.25, -0.2) is 0 Å². The number of benzene rings is 1. The molecule has 0 radical (unpaired) electrons. The molecule has 0 aliphatic heterocycles. The SMILES string of the molecule is CC(C)Cc1cc(CCl)c(C(C)C)cc1Br. The van der Waals surface area contributed by atoms with Crippen LogP contribution in [0.1, 0.15) is 50.3 Å². The molecule has 0 nitrogen and oxygen atoms in total. The molecule has 0 amide bonds. The normalized spacial score (nSPS) is 11.5. The molecular weight excluding hydrogens is 284 g/mol. The highest BCUT2D eigenvalue weighted by Gasteiger charge is 2.11. The van der Waals surface area contributed by atoms with Gasteiger partial charge in [-0.3, -0.25) is 0 Å². The molecule has 0 aliphatic rings. The molecule has 2 heteroatoms. The Morgan fingerprint density at radius 1 is 1.12 bits per heavy atom. The first-order valence-electron chi connectivity index (χ1n) is 5.82.